The minimum absolute atomic E-state index is 0.215. The van der Waals surface area contributed by atoms with Crippen molar-refractivity contribution in [2.24, 2.45) is 0 Å². The van der Waals surface area contributed by atoms with Gasteiger partial charge in [-0.1, -0.05) is 0 Å². The van der Waals surface area contributed by atoms with Gasteiger partial charge in [0.05, 0.1) is 19.0 Å². The Morgan fingerprint density at radius 1 is 1.67 bits per heavy atom. The molecule has 0 heterocycles. The average Bonchev–Trinajstić information content (AvgIpc) is 2.03. The van der Waals surface area contributed by atoms with Gasteiger partial charge in [0.1, 0.15) is 0 Å². The fourth-order valence-corrected chi connectivity index (χ4v) is 1.48. The van der Waals surface area contributed by atoms with E-state index in [0.29, 0.717) is 12.2 Å². The number of halogens is 1. The van der Waals surface area contributed by atoms with Gasteiger partial charge in [-0.15, -0.1) is 0 Å². The number of esters is 1. The van der Waals surface area contributed by atoms with E-state index in [2.05, 4.69) is 4.74 Å². The third kappa shape index (κ3) is 7.85. The van der Waals surface area contributed by atoms with Gasteiger partial charge in [-0.05, 0) is 25.5 Å². The number of methoxy groups -OCH3 is 1. The SMILES string of the molecule is COC(=O)CSCCCC(C)F. The van der Waals surface area contributed by atoms with Crippen molar-refractivity contribution in [3.05, 3.63) is 0 Å². The monoisotopic (exact) mass is 194 g/mol. The maximum Gasteiger partial charge on any atom is 0.315 e. The van der Waals surface area contributed by atoms with Crippen LogP contribution in [-0.2, 0) is 9.53 Å². The predicted octanol–water partition coefficient (Wildman–Crippen LogP) is 2.03. The van der Waals surface area contributed by atoms with E-state index >= 15 is 0 Å². The van der Waals surface area contributed by atoms with Crippen molar-refractivity contribution < 1.29 is 13.9 Å². The molecule has 0 aromatic heterocycles. The summed E-state index contributed by atoms with van der Waals surface area (Å²) in [4.78, 5) is 10.6. The van der Waals surface area contributed by atoms with Gasteiger partial charge in [0, 0.05) is 0 Å². The van der Waals surface area contributed by atoms with Crippen molar-refractivity contribution in [1.29, 1.82) is 0 Å². The Bertz CT molecular complexity index is 128. The molecule has 72 valence electrons. The molecule has 0 N–H and O–H groups in total. The Morgan fingerprint density at radius 2 is 2.33 bits per heavy atom. The van der Waals surface area contributed by atoms with Crippen LogP contribution < -0.4 is 0 Å². The van der Waals surface area contributed by atoms with E-state index < -0.39 is 6.17 Å². The molecule has 0 rings (SSSR count). The van der Waals surface area contributed by atoms with Crippen LogP contribution in [0.5, 0.6) is 0 Å². The van der Waals surface area contributed by atoms with Crippen molar-refractivity contribution >= 4 is 17.7 Å². The number of ether oxygens (including phenoxy) is 1. The van der Waals surface area contributed by atoms with Gasteiger partial charge in [-0.2, -0.15) is 11.8 Å². The van der Waals surface area contributed by atoms with Crippen LogP contribution in [0.3, 0.4) is 0 Å². The van der Waals surface area contributed by atoms with Crippen LogP contribution in [0.2, 0.25) is 0 Å². The number of thioether (sulfide) groups is 1. The van der Waals surface area contributed by atoms with Gasteiger partial charge >= 0.3 is 5.97 Å². The molecule has 0 aromatic rings. The van der Waals surface area contributed by atoms with Crippen LogP contribution in [0.4, 0.5) is 4.39 Å². The molecule has 1 unspecified atom stereocenters. The molecule has 0 aromatic carbocycles. The lowest BCUT2D eigenvalue weighted by Crippen LogP contribution is -2.04. The summed E-state index contributed by atoms with van der Waals surface area (Å²) >= 11 is 1.49. The third-order valence-electron chi connectivity index (χ3n) is 1.34. The Labute approximate surface area is 76.9 Å². The van der Waals surface area contributed by atoms with E-state index in [-0.39, 0.29) is 5.97 Å². The van der Waals surface area contributed by atoms with Crippen LogP contribution in [0.25, 0.3) is 0 Å². The summed E-state index contributed by atoms with van der Waals surface area (Å²) in [6.45, 7) is 1.55. The zero-order valence-corrected chi connectivity index (χ0v) is 8.32. The third-order valence-corrected chi connectivity index (χ3v) is 2.36. The summed E-state index contributed by atoms with van der Waals surface area (Å²) < 4.78 is 16.7. The molecule has 0 saturated carbocycles. The topological polar surface area (TPSA) is 26.3 Å². The number of alkyl halides is 1. The maximum atomic E-state index is 12.3. The summed E-state index contributed by atoms with van der Waals surface area (Å²) in [5, 5.41) is 0. The molecule has 2 nitrogen and oxygen atoms in total. The first-order valence-corrected chi connectivity index (χ1v) is 5.11. The van der Waals surface area contributed by atoms with Crippen LogP contribution >= 0.6 is 11.8 Å². The van der Waals surface area contributed by atoms with Crippen molar-refractivity contribution in [1.82, 2.24) is 0 Å². The molecule has 1 atom stereocenters. The lowest BCUT2D eigenvalue weighted by molar-refractivity contribution is -0.137. The first-order valence-electron chi connectivity index (χ1n) is 3.95. The van der Waals surface area contributed by atoms with Crippen LogP contribution in [0.1, 0.15) is 19.8 Å². The summed E-state index contributed by atoms with van der Waals surface area (Å²) in [7, 11) is 1.37. The minimum atomic E-state index is -0.733. The summed E-state index contributed by atoms with van der Waals surface area (Å²) in [5.41, 5.74) is 0. The second kappa shape index (κ2) is 7.40. The lowest BCUT2D eigenvalue weighted by atomic mass is 10.2. The van der Waals surface area contributed by atoms with E-state index in [1.807, 2.05) is 0 Å². The van der Waals surface area contributed by atoms with E-state index in [1.54, 1.807) is 6.92 Å². The standard InChI is InChI=1S/C8H15FO2S/c1-7(9)4-3-5-12-6-8(10)11-2/h7H,3-6H2,1-2H3. The van der Waals surface area contributed by atoms with Gasteiger partial charge in [-0.3, -0.25) is 4.79 Å². The van der Waals surface area contributed by atoms with Gasteiger partial charge in [-0.25, -0.2) is 4.39 Å². The average molecular weight is 194 g/mol. The van der Waals surface area contributed by atoms with Crippen molar-refractivity contribution in [2.75, 3.05) is 18.6 Å². The van der Waals surface area contributed by atoms with Gasteiger partial charge < -0.3 is 4.74 Å². The van der Waals surface area contributed by atoms with E-state index in [9.17, 15) is 9.18 Å². The highest BCUT2D eigenvalue weighted by molar-refractivity contribution is 7.99. The fraction of sp³-hybridized carbons (Fsp3) is 0.875. The van der Waals surface area contributed by atoms with Gasteiger partial charge in [0.15, 0.2) is 0 Å². The molecule has 0 aliphatic rings. The number of hydrogen-bond donors (Lipinski definition) is 0. The quantitative estimate of drug-likeness (QED) is 0.478. The second-order valence-corrected chi connectivity index (χ2v) is 3.66. The molecule has 12 heavy (non-hydrogen) atoms. The molecule has 0 aliphatic carbocycles. The van der Waals surface area contributed by atoms with E-state index in [1.165, 1.54) is 18.9 Å². The predicted molar refractivity (Wildman–Crippen MR) is 49.1 cm³/mol. The second-order valence-electron chi connectivity index (χ2n) is 2.55. The minimum Gasteiger partial charge on any atom is -0.468 e. The molecular formula is C8H15FO2S. The lowest BCUT2D eigenvalue weighted by Gasteiger charge is -2.01. The molecule has 0 aliphatic heterocycles. The summed E-state index contributed by atoms with van der Waals surface area (Å²) in [5.74, 6) is 0.980. The molecule has 0 saturated heterocycles. The van der Waals surface area contributed by atoms with Crippen LogP contribution in [0, 0.1) is 0 Å². The largest absolute Gasteiger partial charge is 0.468 e. The first kappa shape index (κ1) is 11.8. The fourth-order valence-electron chi connectivity index (χ4n) is 0.681. The van der Waals surface area contributed by atoms with Gasteiger partial charge in [0.2, 0.25) is 0 Å². The number of rotatable bonds is 6. The Balaban J connectivity index is 3.05. The Morgan fingerprint density at radius 3 is 2.83 bits per heavy atom. The number of carbonyl (C=O) groups is 1. The van der Waals surface area contributed by atoms with Crippen molar-refractivity contribution in [2.45, 2.75) is 25.9 Å². The molecule has 4 heteroatoms. The highest BCUT2D eigenvalue weighted by atomic mass is 32.2. The molecule has 0 fully saturated rings. The summed E-state index contributed by atoms with van der Waals surface area (Å²) in [6.07, 6.45) is 0.664. The number of hydrogen-bond acceptors (Lipinski definition) is 3. The van der Waals surface area contributed by atoms with Gasteiger partial charge in [0.25, 0.3) is 0 Å². The highest BCUT2D eigenvalue weighted by Gasteiger charge is 2.01. The smallest absolute Gasteiger partial charge is 0.315 e. The number of carbonyl (C=O) groups excluding carboxylic acids is 1. The zero-order chi connectivity index (χ0) is 9.40. The summed E-state index contributed by atoms with van der Waals surface area (Å²) in [6, 6.07) is 0. The van der Waals surface area contributed by atoms with Crippen molar-refractivity contribution in [3.63, 3.8) is 0 Å². The normalized spacial score (nSPS) is 12.6. The molecular weight excluding hydrogens is 179 g/mol. The Hall–Kier alpha value is -0.250. The first-order chi connectivity index (χ1) is 5.66. The van der Waals surface area contributed by atoms with Crippen molar-refractivity contribution in [3.8, 4) is 0 Å². The molecule has 0 bridgehead atoms. The molecule has 0 spiro atoms. The maximum absolute atomic E-state index is 12.3. The molecule has 0 radical (unpaired) electrons. The highest BCUT2D eigenvalue weighted by Crippen LogP contribution is 2.07. The van der Waals surface area contributed by atoms with Crippen LogP contribution in [-0.4, -0.2) is 30.8 Å². The van der Waals surface area contributed by atoms with Crippen LogP contribution in [0.15, 0.2) is 0 Å². The zero-order valence-electron chi connectivity index (χ0n) is 7.51. The van der Waals surface area contributed by atoms with E-state index in [0.717, 1.165) is 12.2 Å². The Kier molecular flexibility index (Phi) is 7.25. The van der Waals surface area contributed by atoms with E-state index in [4.69, 9.17) is 0 Å². The molecule has 0 amide bonds.